The summed E-state index contributed by atoms with van der Waals surface area (Å²) in [4.78, 5) is 37.7. The molecular weight excluding hydrogens is 398 g/mol. The summed E-state index contributed by atoms with van der Waals surface area (Å²) < 4.78 is 10.9. The van der Waals surface area contributed by atoms with Gasteiger partial charge in [0, 0.05) is 5.56 Å². The molecule has 4 amide bonds. The van der Waals surface area contributed by atoms with Gasteiger partial charge in [0.25, 0.3) is 11.8 Å². The van der Waals surface area contributed by atoms with Gasteiger partial charge in [-0.1, -0.05) is 50.6 Å². The van der Waals surface area contributed by atoms with Gasteiger partial charge in [0.15, 0.2) is 11.5 Å². The molecule has 1 atom stereocenters. The molecule has 2 N–H and O–H groups in total. The Labute approximate surface area is 174 Å². The van der Waals surface area contributed by atoms with Crippen LogP contribution in [-0.4, -0.2) is 41.6 Å². The molecule has 0 unspecified atom stereocenters. The van der Waals surface area contributed by atoms with Crippen molar-refractivity contribution in [2.75, 3.05) is 13.2 Å². The Bertz CT molecular complexity index is 816. The molecule has 0 saturated carbocycles. The SMILES string of the molecule is CCCCCCC[C@]1(C)NC(=O)N(NC(=O)c2cc(Cl)c3c(c2)OCCO3)C1=O. The highest BCUT2D eigenvalue weighted by Gasteiger charge is 2.48. The standard InChI is InChI=1S/C20H26ClN3O5/c1-3-4-5-6-7-8-20(2)18(26)24(19(27)22-20)23-17(25)13-11-14(21)16-15(12-13)28-9-10-29-16/h11-12H,3-10H2,1-2H3,(H,22,27)(H,23,25)/t20-/m0/s1. The average Bonchev–Trinajstić information content (AvgIpc) is 2.91. The molecule has 9 heteroatoms. The number of ether oxygens (including phenoxy) is 2. The molecule has 1 fully saturated rings. The summed E-state index contributed by atoms with van der Waals surface area (Å²) in [5, 5.41) is 3.65. The Hall–Kier alpha value is -2.48. The molecule has 0 aliphatic carbocycles. The highest BCUT2D eigenvalue weighted by Crippen LogP contribution is 2.38. The second kappa shape index (κ2) is 8.90. The molecule has 8 nitrogen and oxygen atoms in total. The van der Waals surface area contributed by atoms with Gasteiger partial charge in [-0.3, -0.25) is 15.0 Å². The summed E-state index contributed by atoms with van der Waals surface area (Å²) in [5.41, 5.74) is 1.51. The van der Waals surface area contributed by atoms with Crippen molar-refractivity contribution in [3.05, 3.63) is 22.7 Å². The number of imide groups is 1. The van der Waals surface area contributed by atoms with Crippen LogP contribution in [0.5, 0.6) is 11.5 Å². The molecular formula is C20H26ClN3O5. The maximum absolute atomic E-state index is 12.8. The van der Waals surface area contributed by atoms with E-state index in [1.165, 1.54) is 12.1 Å². The maximum atomic E-state index is 12.8. The monoisotopic (exact) mass is 423 g/mol. The fourth-order valence-electron chi connectivity index (χ4n) is 3.45. The first kappa shape index (κ1) is 21.2. The highest BCUT2D eigenvalue weighted by atomic mass is 35.5. The van der Waals surface area contributed by atoms with Crippen LogP contribution in [0.25, 0.3) is 0 Å². The topological polar surface area (TPSA) is 97.0 Å². The molecule has 0 bridgehead atoms. The van der Waals surface area contributed by atoms with Crippen molar-refractivity contribution in [3.63, 3.8) is 0 Å². The summed E-state index contributed by atoms with van der Waals surface area (Å²) in [7, 11) is 0. The van der Waals surface area contributed by atoms with Crippen molar-refractivity contribution >= 4 is 29.4 Å². The lowest BCUT2D eigenvalue weighted by atomic mass is 9.94. The van der Waals surface area contributed by atoms with Gasteiger partial charge >= 0.3 is 6.03 Å². The number of urea groups is 1. The second-order valence-corrected chi connectivity index (χ2v) is 7.90. The van der Waals surface area contributed by atoms with Crippen molar-refractivity contribution in [1.29, 1.82) is 0 Å². The molecule has 1 saturated heterocycles. The van der Waals surface area contributed by atoms with Crippen molar-refractivity contribution in [2.24, 2.45) is 0 Å². The van der Waals surface area contributed by atoms with Crippen molar-refractivity contribution in [1.82, 2.24) is 15.8 Å². The number of nitrogens with zero attached hydrogens (tertiary/aromatic N) is 1. The first-order chi connectivity index (χ1) is 13.9. The Morgan fingerprint density at radius 2 is 1.93 bits per heavy atom. The van der Waals surface area contributed by atoms with Gasteiger partial charge in [0.2, 0.25) is 0 Å². The zero-order valence-electron chi connectivity index (χ0n) is 16.7. The number of hydrogen-bond acceptors (Lipinski definition) is 5. The normalized spacial score (nSPS) is 20.6. The van der Waals surface area contributed by atoms with E-state index in [-0.39, 0.29) is 10.6 Å². The number of hydrazine groups is 1. The number of rotatable bonds is 8. The molecule has 3 rings (SSSR count). The van der Waals surface area contributed by atoms with E-state index in [1.54, 1.807) is 6.92 Å². The van der Waals surface area contributed by atoms with E-state index in [0.29, 0.717) is 31.1 Å². The minimum absolute atomic E-state index is 0.160. The Morgan fingerprint density at radius 3 is 2.69 bits per heavy atom. The van der Waals surface area contributed by atoms with E-state index in [1.807, 2.05) is 0 Å². The lowest BCUT2D eigenvalue weighted by Crippen LogP contribution is -2.48. The summed E-state index contributed by atoms with van der Waals surface area (Å²) >= 11 is 6.16. The van der Waals surface area contributed by atoms with Crippen LogP contribution >= 0.6 is 11.6 Å². The van der Waals surface area contributed by atoms with E-state index in [4.69, 9.17) is 21.1 Å². The van der Waals surface area contributed by atoms with Crippen LogP contribution in [0, 0.1) is 0 Å². The molecule has 1 aromatic rings. The summed E-state index contributed by atoms with van der Waals surface area (Å²) in [5.74, 6) is -0.391. The zero-order chi connectivity index (χ0) is 21.0. The largest absolute Gasteiger partial charge is 0.486 e. The van der Waals surface area contributed by atoms with Crippen LogP contribution in [0.2, 0.25) is 5.02 Å². The Kier molecular flexibility index (Phi) is 6.52. The number of amides is 4. The predicted molar refractivity (Wildman–Crippen MR) is 107 cm³/mol. The van der Waals surface area contributed by atoms with Crippen LogP contribution in [0.3, 0.4) is 0 Å². The van der Waals surface area contributed by atoms with Gasteiger partial charge in [-0.2, -0.15) is 5.01 Å². The number of benzene rings is 1. The molecule has 0 aromatic heterocycles. The first-order valence-electron chi connectivity index (χ1n) is 9.92. The van der Waals surface area contributed by atoms with E-state index in [0.717, 1.165) is 37.1 Å². The molecule has 2 heterocycles. The van der Waals surface area contributed by atoms with E-state index in [2.05, 4.69) is 17.7 Å². The minimum atomic E-state index is -1.03. The summed E-state index contributed by atoms with van der Waals surface area (Å²) in [6.45, 7) is 4.54. The number of unbranched alkanes of at least 4 members (excludes halogenated alkanes) is 4. The lowest BCUT2D eigenvalue weighted by molar-refractivity contribution is -0.132. The van der Waals surface area contributed by atoms with Crippen LogP contribution in [0.1, 0.15) is 62.7 Å². The van der Waals surface area contributed by atoms with Gasteiger partial charge in [0.1, 0.15) is 18.8 Å². The van der Waals surface area contributed by atoms with Crippen molar-refractivity contribution < 1.29 is 23.9 Å². The zero-order valence-corrected chi connectivity index (χ0v) is 17.4. The van der Waals surface area contributed by atoms with Crippen molar-refractivity contribution in [2.45, 2.75) is 57.9 Å². The number of nitrogens with one attached hydrogen (secondary N) is 2. The third kappa shape index (κ3) is 4.58. The number of halogens is 1. The van der Waals surface area contributed by atoms with E-state index >= 15 is 0 Å². The molecule has 0 radical (unpaired) electrons. The third-order valence-corrected chi connectivity index (χ3v) is 5.39. The summed E-state index contributed by atoms with van der Waals surface area (Å²) in [6.07, 6.45) is 5.72. The van der Waals surface area contributed by atoms with Gasteiger partial charge in [-0.05, 0) is 25.5 Å². The summed E-state index contributed by atoms with van der Waals surface area (Å²) in [6, 6.07) is 2.24. The molecule has 0 spiro atoms. The lowest BCUT2D eigenvalue weighted by Gasteiger charge is -2.22. The second-order valence-electron chi connectivity index (χ2n) is 7.49. The highest BCUT2D eigenvalue weighted by molar-refractivity contribution is 6.32. The van der Waals surface area contributed by atoms with Crippen LogP contribution in [-0.2, 0) is 4.79 Å². The number of hydrogen-bond donors (Lipinski definition) is 2. The predicted octanol–water partition coefficient (Wildman–Crippen LogP) is 3.43. The van der Waals surface area contributed by atoms with E-state index in [9.17, 15) is 14.4 Å². The maximum Gasteiger partial charge on any atom is 0.344 e. The molecule has 1 aromatic carbocycles. The number of carbonyl (C=O) groups excluding carboxylic acids is 3. The van der Waals surface area contributed by atoms with E-state index < -0.39 is 23.4 Å². The Morgan fingerprint density at radius 1 is 1.21 bits per heavy atom. The number of carbonyl (C=O) groups is 3. The third-order valence-electron chi connectivity index (χ3n) is 5.11. The number of fused-ring (bicyclic) bond motifs is 1. The fraction of sp³-hybridized carbons (Fsp3) is 0.550. The average molecular weight is 424 g/mol. The van der Waals surface area contributed by atoms with Crippen molar-refractivity contribution in [3.8, 4) is 11.5 Å². The molecule has 29 heavy (non-hydrogen) atoms. The van der Waals surface area contributed by atoms with Gasteiger partial charge in [-0.25, -0.2) is 4.79 Å². The van der Waals surface area contributed by atoms with Crippen LogP contribution < -0.4 is 20.2 Å². The minimum Gasteiger partial charge on any atom is -0.486 e. The molecule has 2 aliphatic rings. The van der Waals surface area contributed by atoms with Gasteiger partial charge < -0.3 is 14.8 Å². The fourth-order valence-corrected chi connectivity index (χ4v) is 3.71. The Balaban J connectivity index is 1.65. The molecule has 158 valence electrons. The van der Waals surface area contributed by atoms with Crippen LogP contribution in [0.4, 0.5) is 4.79 Å². The van der Waals surface area contributed by atoms with Crippen LogP contribution in [0.15, 0.2) is 12.1 Å². The first-order valence-corrected chi connectivity index (χ1v) is 10.3. The smallest absolute Gasteiger partial charge is 0.344 e. The molecule has 2 aliphatic heterocycles. The van der Waals surface area contributed by atoms with Gasteiger partial charge in [0.05, 0.1) is 5.02 Å². The quantitative estimate of drug-likeness (QED) is 0.493. The van der Waals surface area contributed by atoms with Gasteiger partial charge in [-0.15, -0.1) is 0 Å².